The molecule has 1 aliphatic heterocycles. The number of benzene rings is 2. The number of hydrogen-bond acceptors (Lipinski definition) is 5. The first kappa shape index (κ1) is 19.6. The molecule has 152 valence electrons. The highest BCUT2D eigenvalue weighted by atomic mass is 32.1. The van der Waals surface area contributed by atoms with E-state index < -0.39 is 0 Å². The smallest absolute Gasteiger partial charge is 0.166 e. The van der Waals surface area contributed by atoms with E-state index >= 15 is 0 Å². The second kappa shape index (κ2) is 9.70. The van der Waals surface area contributed by atoms with E-state index in [1.165, 1.54) is 36.5 Å². The molecule has 5 heteroatoms. The van der Waals surface area contributed by atoms with Crippen molar-refractivity contribution >= 4 is 22.7 Å². The maximum absolute atomic E-state index is 6.18. The fourth-order valence-electron chi connectivity index (χ4n) is 3.63. The summed E-state index contributed by atoms with van der Waals surface area (Å²) in [5.41, 5.74) is 3.52. The fraction of sp³-hybridized carbons (Fsp3) is 0.333. The molecule has 3 aromatic rings. The first-order chi connectivity index (χ1) is 14.3. The van der Waals surface area contributed by atoms with E-state index in [0.29, 0.717) is 19.8 Å². The third kappa shape index (κ3) is 5.04. The zero-order chi connectivity index (χ0) is 19.9. The van der Waals surface area contributed by atoms with Crippen molar-refractivity contribution in [3.8, 4) is 11.5 Å². The van der Waals surface area contributed by atoms with Crippen LogP contribution >= 0.6 is 11.3 Å². The molecule has 0 unspecified atom stereocenters. The Bertz CT molecular complexity index is 888. The molecule has 0 saturated carbocycles. The van der Waals surface area contributed by atoms with Gasteiger partial charge in [0, 0.05) is 41.4 Å². The molecule has 0 aliphatic carbocycles. The summed E-state index contributed by atoms with van der Waals surface area (Å²) in [6.45, 7) is 6.19. The number of nitrogens with zero attached hydrogens (tertiary/aromatic N) is 1. The Labute approximate surface area is 177 Å². The number of nitrogens with one attached hydrogen (secondary N) is 1. The number of hydrogen-bond donors (Lipinski definition) is 1. The molecule has 2 heterocycles. The monoisotopic (exact) mass is 408 g/mol. The van der Waals surface area contributed by atoms with Crippen LogP contribution in [0, 0.1) is 0 Å². The molecule has 1 fully saturated rings. The summed E-state index contributed by atoms with van der Waals surface area (Å²) >= 11 is 1.70. The van der Waals surface area contributed by atoms with E-state index in [1.807, 2.05) is 25.1 Å². The molecule has 4 nitrogen and oxygen atoms in total. The van der Waals surface area contributed by atoms with E-state index in [2.05, 4.69) is 52.0 Å². The van der Waals surface area contributed by atoms with Crippen molar-refractivity contribution in [1.82, 2.24) is 0 Å². The van der Waals surface area contributed by atoms with Gasteiger partial charge in [0.25, 0.3) is 0 Å². The SMILES string of the molecule is CCOc1cccc(CNc2ccc(N3CCCC3)cc2)c1OCc1cccs1. The highest BCUT2D eigenvalue weighted by Crippen LogP contribution is 2.33. The Kier molecular flexibility index (Phi) is 6.57. The Morgan fingerprint density at radius 1 is 0.966 bits per heavy atom. The number of thiophene rings is 1. The van der Waals surface area contributed by atoms with Crippen molar-refractivity contribution in [2.24, 2.45) is 0 Å². The predicted octanol–water partition coefficient (Wildman–Crippen LogP) is 5.94. The number of anilines is 2. The Morgan fingerprint density at radius 3 is 2.52 bits per heavy atom. The van der Waals surface area contributed by atoms with Gasteiger partial charge in [-0.1, -0.05) is 18.2 Å². The van der Waals surface area contributed by atoms with Crippen LogP contribution < -0.4 is 19.7 Å². The van der Waals surface area contributed by atoms with Crippen molar-refractivity contribution in [2.45, 2.75) is 32.9 Å². The van der Waals surface area contributed by atoms with Gasteiger partial charge in [0.05, 0.1) is 6.61 Å². The number of rotatable bonds is 9. The van der Waals surface area contributed by atoms with Gasteiger partial charge < -0.3 is 19.7 Å². The lowest BCUT2D eigenvalue weighted by Crippen LogP contribution is -2.17. The molecule has 1 aliphatic rings. The Balaban J connectivity index is 1.44. The number of para-hydroxylation sites is 1. The van der Waals surface area contributed by atoms with Gasteiger partial charge in [0.2, 0.25) is 0 Å². The van der Waals surface area contributed by atoms with E-state index in [0.717, 1.165) is 22.7 Å². The zero-order valence-electron chi connectivity index (χ0n) is 16.9. The van der Waals surface area contributed by atoms with Crippen LogP contribution in [0.15, 0.2) is 60.0 Å². The maximum Gasteiger partial charge on any atom is 0.166 e. The van der Waals surface area contributed by atoms with Gasteiger partial charge >= 0.3 is 0 Å². The van der Waals surface area contributed by atoms with Crippen LogP contribution in [-0.4, -0.2) is 19.7 Å². The van der Waals surface area contributed by atoms with E-state index in [1.54, 1.807) is 11.3 Å². The molecule has 2 aromatic carbocycles. The lowest BCUT2D eigenvalue weighted by atomic mass is 10.1. The highest BCUT2D eigenvalue weighted by Gasteiger charge is 2.13. The maximum atomic E-state index is 6.18. The van der Waals surface area contributed by atoms with Gasteiger partial charge in [0.1, 0.15) is 6.61 Å². The molecule has 0 spiro atoms. The first-order valence-corrected chi connectivity index (χ1v) is 11.2. The lowest BCUT2D eigenvalue weighted by molar-refractivity contribution is 0.269. The van der Waals surface area contributed by atoms with Gasteiger partial charge in [0.15, 0.2) is 11.5 Å². The van der Waals surface area contributed by atoms with E-state index in [-0.39, 0.29) is 0 Å². The van der Waals surface area contributed by atoms with Crippen LogP contribution in [0.1, 0.15) is 30.2 Å². The van der Waals surface area contributed by atoms with Crippen LogP contribution in [0.3, 0.4) is 0 Å². The molecule has 0 amide bonds. The molecule has 1 aromatic heterocycles. The van der Waals surface area contributed by atoms with Crippen molar-refractivity contribution in [3.63, 3.8) is 0 Å². The molecule has 29 heavy (non-hydrogen) atoms. The van der Waals surface area contributed by atoms with Crippen LogP contribution in [0.4, 0.5) is 11.4 Å². The summed E-state index contributed by atoms with van der Waals surface area (Å²) in [5.74, 6) is 1.62. The lowest BCUT2D eigenvalue weighted by Gasteiger charge is -2.19. The molecule has 0 atom stereocenters. The Morgan fingerprint density at radius 2 is 1.79 bits per heavy atom. The molecule has 1 saturated heterocycles. The summed E-state index contributed by atoms with van der Waals surface area (Å²) in [6.07, 6.45) is 2.59. The fourth-order valence-corrected chi connectivity index (χ4v) is 4.25. The normalized spacial score (nSPS) is 13.5. The highest BCUT2D eigenvalue weighted by molar-refractivity contribution is 7.09. The summed E-state index contributed by atoms with van der Waals surface area (Å²) < 4.78 is 12.0. The molecular formula is C24H28N2O2S. The summed E-state index contributed by atoms with van der Waals surface area (Å²) in [7, 11) is 0. The molecule has 1 N–H and O–H groups in total. The van der Waals surface area contributed by atoms with Gasteiger partial charge in [-0.05, 0) is 61.5 Å². The predicted molar refractivity (Wildman–Crippen MR) is 121 cm³/mol. The summed E-state index contributed by atoms with van der Waals surface area (Å²) in [6, 6.07) is 19.0. The van der Waals surface area contributed by atoms with Crippen molar-refractivity contribution in [3.05, 3.63) is 70.4 Å². The van der Waals surface area contributed by atoms with Crippen molar-refractivity contribution < 1.29 is 9.47 Å². The molecule has 0 radical (unpaired) electrons. The van der Waals surface area contributed by atoms with Crippen molar-refractivity contribution in [2.75, 3.05) is 29.9 Å². The molecule has 0 bridgehead atoms. The van der Waals surface area contributed by atoms with Gasteiger partial charge in [-0.15, -0.1) is 11.3 Å². The van der Waals surface area contributed by atoms with Gasteiger partial charge in [-0.25, -0.2) is 0 Å². The second-order valence-electron chi connectivity index (χ2n) is 7.14. The standard InChI is InChI=1S/C24H28N2O2S/c1-2-27-23-9-5-7-19(24(23)28-18-22-8-6-16-29-22)17-25-20-10-12-21(13-11-20)26-14-3-4-15-26/h5-13,16,25H,2-4,14-15,17-18H2,1H3. The minimum absolute atomic E-state index is 0.555. The summed E-state index contributed by atoms with van der Waals surface area (Å²) in [4.78, 5) is 3.65. The van der Waals surface area contributed by atoms with Crippen LogP contribution in [-0.2, 0) is 13.2 Å². The number of ether oxygens (including phenoxy) is 2. The second-order valence-corrected chi connectivity index (χ2v) is 8.17. The third-order valence-corrected chi connectivity index (χ3v) is 5.97. The van der Waals surface area contributed by atoms with E-state index in [4.69, 9.17) is 9.47 Å². The van der Waals surface area contributed by atoms with Gasteiger partial charge in [-0.2, -0.15) is 0 Å². The van der Waals surface area contributed by atoms with Crippen LogP contribution in [0.25, 0.3) is 0 Å². The largest absolute Gasteiger partial charge is 0.490 e. The van der Waals surface area contributed by atoms with Gasteiger partial charge in [-0.3, -0.25) is 0 Å². The average Bonchev–Trinajstić information content (AvgIpc) is 3.46. The molecule has 4 rings (SSSR count). The first-order valence-electron chi connectivity index (χ1n) is 10.3. The topological polar surface area (TPSA) is 33.7 Å². The minimum Gasteiger partial charge on any atom is -0.490 e. The average molecular weight is 409 g/mol. The van der Waals surface area contributed by atoms with E-state index in [9.17, 15) is 0 Å². The summed E-state index contributed by atoms with van der Waals surface area (Å²) in [5, 5.41) is 5.60. The zero-order valence-corrected chi connectivity index (χ0v) is 17.7. The minimum atomic E-state index is 0.555. The quantitative estimate of drug-likeness (QED) is 0.475. The van der Waals surface area contributed by atoms with Crippen molar-refractivity contribution in [1.29, 1.82) is 0 Å². The molecular weight excluding hydrogens is 380 g/mol. The van der Waals surface area contributed by atoms with Crippen LogP contribution in [0.2, 0.25) is 0 Å². The van der Waals surface area contributed by atoms with Crippen LogP contribution in [0.5, 0.6) is 11.5 Å². The Hall–Kier alpha value is -2.66. The third-order valence-electron chi connectivity index (χ3n) is 5.12.